The summed E-state index contributed by atoms with van der Waals surface area (Å²) in [7, 11) is 3.36. The molecule has 1 unspecified atom stereocenters. The molecule has 0 fully saturated rings. The van der Waals surface area contributed by atoms with E-state index in [4.69, 9.17) is 4.74 Å². The molecule has 0 saturated heterocycles. The zero-order valence-electron chi connectivity index (χ0n) is 14.8. The Kier molecular flexibility index (Phi) is 5.48. The topological polar surface area (TPSA) is 67.3 Å². The standard InChI is InChI=1S/C19H20N4O2S/c1-13(15-11-7-8-12-16(15)25-3)23(2)19(24)21-18-20-17(22-26-18)14-9-5-4-6-10-14/h4-13H,1-3H3,(H,20,21,22,24). The first-order valence-corrected chi connectivity index (χ1v) is 8.93. The lowest BCUT2D eigenvalue weighted by Gasteiger charge is -2.26. The largest absolute Gasteiger partial charge is 0.496 e. The van der Waals surface area contributed by atoms with E-state index in [9.17, 15) is 4.79 Å². The van der Waals surface area contributed by atoms with Gasteiger partial charge in [0.15, 0.2) is 5.82 Å². The van der Waals surface area contributed by atoms with Gasteiger partial charge in [-0.3, -0.25) is 5.32 Å². The number of carbonyl (C=O) groups is 1. The summed E-state index contributed by atoms with van der Waals surface area (Å²) in [5.41, 5.74) is 1.86. The first-order valence-electron chi connectivity index (χ1n) is 8.16. The molecule has 1 atom stereocenters. The lowest BCUT2D eigenvalue weighted by atomic mass is 10.1. The van der Waals surface area contributed by atoms with Crippen LogP contribution in [0.5, 0.6) is 5.75 Å². The predicted molar refractivity (Wildman–Crippen MR) is 104 cm³/mol. The molecule has 0 spiro atoms. The highest BCUT2D eigenvalue weighted by atomic mass is 32.1. The molecule has 0 bridgehead atoms. The van der Waals surface area contributed by atoms with Crippen molar-refractivity contribution in [3.63, 3.8) is 0 Å². The van der Waals surface area contributed by atoms with Crippen LogP contribution >= 0.6 is 11.5 Å². The summed E-state index contributed by atoms with van der Waals surface area (Å²) in [5.74, 6) is 1.35. The van der Waals surface area contributed by atoms with Crippen molar-refractivity contribution in [1.29, 1.82) is 0 Å². The van der Waals surface area contributed by atoms with Crippen molar-refractivity contribution in [2.24, 2.45) is 0 Å². The molecule has 1 aromatic heterocycles. The van der Waals surface area contributed by atoms with Crippen molar-refractivity contribution in [2.45, 2.75) is 13.0 Å². The molecular formula is C19H20N4O2S. The number of para-hydroxylation sites is 1. The molecule has 0 aliphatic rings. The molecular weight excluding hydrogens is 348 g/mol. The third-order valence-electron chi connectivity index (χ3n) is 4.16. The summed E-state index contributed by atoms with van der Waals surface area (Å²) in [5, 5.41) is 3.28. The van der Waals surface area contributed by atoms with E-state index in [-0.39, 0.29) is 12.1 Å². The number of rotatable bonds is 5. The van der Waals surface area contributed by atoms with Crippen LogP contribution in [0.15, 0.2) is 54.6 Å². The van der Waals surface area contributed by atoms with Crippen LogP contribution in [-0.4, -0.2) is 34.4 Å². The lowest BCUT2D eigenvalue weighted by molar-refractivity contribution is 0.207. The molecule has 3 rings (SSSR count). The van der Waals surface area contributed by atoms with E-state index in [1.165, 1.54) is 0 Å². The van der Waals surface area contributed by atoms with Gasteiger partial charge in [-0.2, -0.15) is 9.36 Å². The maximum atomic E-state index is 12.6. The second kappa shape index (κ2) is 7.97. The van der Waals surface area contributed by atoms with Gasteiger partial charge in [-0.05, 0) is 13.0 Å². The number of carbonyl (C=O) groups excluding carboxylic acids is 1. The first-order chi connectivity index (χ1) is 12.6. The Morgan fingerprint density at radius 3 is 2.58 bits per heavy atom. The zero-order valence-corrected chi connectivity index (χ0v) is 15.7. The van der Waals surface area contributed by atoms with Crippen molar-refractivity contribution in [3.8, 4) is 17.1 Å². The summed E-state index contributed by atoms with van der Waals surface area (Å²) < 4.78 is 9.69. The number of hydrogen-bond acceptors (Lipinski definition) is 5. The maximum Gasteiger partial charge on any atom is 0.323 e. The van der Waals surface area contributed by atoms with Crippen molar-refractivity contribution in [3.05, 3.63) is 60.2 Å². The zero-order chi connectivity index (χ0) is 18.5. The first kappa shape index (κ1) is 17.9. The third kappa shape index (κ3) is 3.83. The van der Waals surface area contributed by atoms with E-state index >= 15 is 0 Å². The van der Waals surface area contributed by atoms with Crippen LogP contribution in [0.2, 0.25) is 0 Å². The second-order valence-corrected chi connectivity index (χ2v) is 6.50. The maximum absolute atomic E-state index is 12.6. The predicted octanol–water partition coefficient (Wildman–Crippen LogP) is 4.44. The Balaban J connectivity index is 1.71. The van der Waals surface area contributed by atoms with E-state index in [1.807, 2.05) is 61.5 Å². The summed E-state index contributed by atoms with van der Waals surface area (Å²) in [6.45, 7) is 1.95. The van der Waals surface area contributed by atoms with Crippen LogP contribution < -0.4 is 10.1 Å². The number of amides is 2. The van der Waals surface area contributed by atoms with Gasteiger partial charge in [-0.1, -0.05) is 48.5 Å². The minimum Gasteiger partial charge on any atom is -0.496 e. The Morgan fingerprint density at radius 2 is 1.85 bits per heavy atom. The van der Waals surface area contributed by atoms with E-state index in [2.05, 4.69) is 14.7 Å². The molecule has 2 aromatic carbocycles. The number of benzene rings is 2. The van der Waals surface area contributed by atoms with Gasteiger partial charge in [-0.15, -0.1) is 0 Å². The van der Waals surface area contributed by atoms with Crippen LogP contribution in [0.4, 0.5) is 9.93 Å². The third-order valence-corrected chi connectivity index (χ3v) is 4.79. The van der Waals surface area contributed by atoms with Crippen LogP contribution in [0, 0.1) is 0 Å². The Morgan fingerprint density at radius 1 is 1.15 bits per heavy atom. The molecule has 2 amide bonds. The van der Waals surface area contributed by atoms with Gasteiger partial charge in [0.2, 0.25) is 5.13 Å². The normalized spacial score (nSPS) is 11.7. The van der Waals surface area contributed by atoms with Gasteiger partial charge in [0.25, 0.3) is 0 Å². The van der Waals surface area contributed by atoms with Crippen LogP contribution in [0.3, 0.4) is 0 Å². The van der Waals surface area contributed by atoms with Gasteiger partial charge in [0, 0.05) is 29.7 Å². The molecule has 6 nitrogen and oxygen atoms in total. The molecule has 0 radical (unpaired) electrons. The Labute approximate surface area is 156 Å². The van der Waals surface area contributed by atoms with E-state index < -0.39 is 0 Å². The summed E-state index contributed by atoms with van der Waals surface area (Å²) in [4.78, 5) is 18.6. The van der Waals surface area contributed by atoms with Gasteiger partial charge in [0.1, 0.15) is 5.75 Å². The number of nitrogens with zero attached hydrogens (tertiary/aromatic N) is 3. The minimum atomic E-state index is -0.251. The molecule has 0 saturated carbocycles. The van der Waals surface area contributed by atoms with Gasteiger partial charge in [0.05, 0.1) is 13.2 Å². The number of nitrogens with one attached hydrogen (secondary N) is 1. The average Bonchev–Trinajstić information content (AvgIpc) is 3.16. The smallest absolute Gasteiger partial charge is 0.323 e. The molecule has 1 N–H and O–H groups in total. The quantitative estimate of drug-likeness (QED) is 0.723. The molecule has 0 aliphatic carbocycles. The molecule has 1 heterocycles. The molecule has 0 aliphatic heterocycles. The molecule has 7 heteroatoms. The number of ether oxygens (including phenoxy) is 1. The van der Waals surface area contributed by atoms with Crippen molar-refractivity contribution in [2.75, 3.05) is 19.5 Å². The fraction of sp³-hybridized carbons (Fsp3) is 0.211. The van der Waals surface area contributed by atoms with Gasteiger partial charge >= 0.3 is 6.03 Å². The second-order valence-electron chi connectivity index (χ2n) is 5.75. The van der Waals surface area contributed by atoms with Gasteiger partial charge < -0.3 is 9.64 Å². The Hall–Kier alpha value is -2.93. The number of aromatic nitrogens is 2. The number of anilines is 1. The number of hydrogen-bond donors (Lipinski definition) is 1. The summed E-state index contributed by atoms with van der Waals surface area (Å²) in [6, 6.07) is 16.9. The fourth-order valence-electron chi connectivity index (χ4n) is 2.55. The summed E-state index contributed by atoms with van der Waals surface area (Å²) >= 11 is 1.16. The monoisotopic (exact) mass is 368 g/mol. The fourth-order valence-corrected chi connectivity index (χ4v) is 3.13. The number of urea groups is 1. The van der Waals surface area contributed by atoms with Crippen LogP contribution in [0.25, 0.3) is 11.4 Å². The summed E-state index contributed by atoms with van der Waals surface area (Å²) in [6.07, 6.45) is 0. The number of methoxy groups -OCH3 is 1. The van der Waals surface area contributed by atoms with Crippen LogP contribution in [0.1, 0.15) is 18.5 Å². The van der Waals surface area contributed by atoms with Crippen molar-refractivity contribution < 1.29 is 9.53 Å². The van der Waals surface area contributed by atoms with Crippen LogP contribution in [-0.2, 0) is 0 Å². The lowest BCUT2D eigenvalue weighted by Crippen LogP contribution is -2.33. The molecule has 3 aromatic rings. The minimum absolute atomic E-state index is 0.160. The van der Waals surface area contributed by atoms with E-state index in [0.717, 1.165) is 28.4 Å². The van der Waals surface area contributed by atoms with Crippen molar-refractivity contribution in [1.82, 2.24) is 14.3 Å². The average molecular weight is 368 g/mol. The SMILES string of the molecule is COc1ccccc1C(C)N(C)C(=O)Nc1nc(-c2ccccc2)ns1. The highest BCUT2D eigenvalue weighted by molar-refractivity contribution is 7.10. The van der Waals surface area contributed by atoms with E-state index in [0.29, 0.717) is 11.0 Å². The highest BCUT2D eigenvalue weighted by Gasteiger charge is 2.21. The van der Waals surface area contributed by atoms with Crippen molar-refractivity contribution >= 4 is 22.7 Å². The molecule has 26 heavy (non-hydrogen) atoms. The molecule has 134 valence electrons. The highest BCUT2D eigenvalue weighted by Crippen LogP contribution is 2.28. The van der Waals surface area contributed by atoms with Gasteiger partial charge in [-0.25, -0.2) is 4.79 Å². The van der Waals surface area contributed by atoms with E-state index in [1.54, 1.807) is 19.1 Å². The Bertz CT molecular complexity index is 882.